The second kappa shape index (κ2) is 7.81. The van der Waals surface area contributed by atoms with E-state index in [0.717, 1.165) is 31.9 Å². The van der Waals surface area contributed by atoms with E-state index in [4.69, 9.17) is 28.9 Å². The van der Waals surface area contributed by atoms with Gasteiger partial charge in [-0.15, -0.1) is 17.0 Å². The molecule has 0 radical (unpaired) electrons. The molecule has 0 saturated carbocycles. The van der Waals surface area contributed by atoms with E-state index in [2.05, 4.69) is 15.2 Å². The van der Waals surface area contributed by atoms with Gasteiger partial charge in [-0.05, 0) is 38.1 Å². The Labute approximate surface area is 152 Å². The Balaban J connectivity index is 0.00000192. The molecule has 126 valence electrons. The van der Waals surface area contributed by atoms with Crippen LogP contribution < -0.4 is 10.3 Å². The fourth-order valence-corrected chi connectivity index (χ4v) is 3.58. The van der Waals surface area contributed by atoms with Crippen LogP contribution in [-0.4, -0.2) is 31.1 Å². The molecule has 1 atom stereocenters. The van der Waals surface area contributed by atoms with Crippen molar-refractivity contribution in [2.75, 3.05) is 26.2 Å². The van der Waals surface area contributed by atoms with Crippen molar-refractivity contribution < 1.29 is 0 Å². The fraction of sp³-hybridized carbons (Fsp3) is 0.467. The van der Waals surface area contributed by atoms with E-state index >= 15 is 0 Å². The Morgan fingerprint density at radius 2 is 1.91 bits per heavy atom. The largest absolute Gasteiger partial charge is 0.378 e. The predicted octanol–water partition coefficient (Wildman–Crippen LogP) is 4.35. The van der Waals surface area contributed by atoms with Crippen LogP contribution in [0.3, 0.4) is 0 Å². The lowest BCUT2D eigenvalue weighted by Gasteiger charge is -2.30. The summed E-state index contributed by atoms with van der Waals surface area (Å²) >= 11 is 12.4. The maximum atomic E-state index is 6.38. The summed E-state index contributed by atoms with van der Waals surface area (Å²) in [5.41, 5.74) is 6.69. The lowest BCUT2D eigenvalue weighted by molar-refractivity contribution is 0.205. The zero-order valence-corrected chi connectivity index (χ0v) is 15.1. The Kier molecular flexibility index (Phi) is 6.28. The highest BCUT2D eigenvalue weighted by atomic mass is 35.5. The SMILES string of the molecule is Cl.NC1=C[N+](CCN2CCCCC2)(c2ccc(Cl)cc2Cl)N=N1. The van der Waals surface area contributed by atoms with Gasteiger partial charge in [-0.2, -0.15) is 0 Å². The zero-order valence-electron chi connectivity index (χ0n) is 12.8. The van der Waals surface area contributed by atoms with Gasteiger partial charge in [0.1, 0.15) is 11.6 Å². The third-order valence-electron chi connectivity index (χ3n) is 4.20. The van der Waals surface area contributed by atoms with Gasteiger partial charge in [0.05, 0.1) is 6.54 Å². The van der Waals surface area contributed by atoms with Gasteiger partial charge in [-0.25, -0.2) is 0 Å². The standard InChI is InChI=1S/C15H20Cl2N5.ClH/c16-12-4-5-14(13(17)10-12)22(11-15(18)19-20-22)9-8-21-6-2-1-3-7-21;/h4-5,10-11H,1-3,6-9,18H2;1H/q+1;. The Bertz CT molecular complexity index is 613. The molecule has 0 aliphatic carbocycles. The highest BCUT2D eigenvalue weighted by Gasteiger charge is 2.37. The number of benzene rings is 1. The average Bonchev–Trinajstić information content (AvgIpc) is 2.88. The van der Waals surface area contributed by atoms with Crippen LogP contribution in [0, 0.1) is 0 Å². The summed E-state index contributed by atoms with van der Waals surface area (Å²) < 4.78 is 0.207. The van der Waals surface area contributed by atoms with Crippen molar-refractivity contribution in [3.63, 3.8) is 0 Å². The van der Waals surface area contributed by atoms with E-state index in [0.29, 0.717) is 15.9 Å². The highest BCUT2D eigenvalue weighted by Crippen LogP contribution is 2.37. The Morgan fingerprint density at radius 3 is 2.52 bits per heavy atom. The van der Waals surface area contributed by atoms with Gasteiger partial charge in [0.25, 0.3) is 0 Å². The minimum Gasteiger partial charge on any atom is -0.378 e. The molecule has 0 aromatic heterocycles. The summed E-state index contributed by atoms with van der Waals surface area (Å²) in [7, 11) is 0. The van der Waals surface area contributed by atoms with Crippen LogP contribution >= 0.6 is 35.6 Å². The number of halogens is 3. The van der Waals surface area contributed by atoms with Gasteiger partial charge < -0.3 is 5.73 Å². The summed E-state index contributed by atoms with van der Waals surface area (Å²) in [5, 5.41) is 9.59. The van der Waals surface area contributed by atoms with Gasteiger partial charge >= 0.3 is 0 Å². The molecule has 2 aliphatic heterocycles. The van der Waals surface area contributed by atoms with Crippen molar-refractivity contribution in [1.82, 2.24) is 9.49 Å². The highest BCUT2D eigenvalue weighted by molar-refractivity contribution is 6.36. The molecule has 3 rings (SSSR count). The quantitative estimate of drug-likeness (QED) is 0.793. The van der Waals surface area contributed by atoms with E-state index in [9.17, 15) is 0 Å². The van der Waals surface area contributed by atoms with Crippen LogP contribution in [0.4, 0.5) is 5.69 Å². The van der Waals surface area contributed by atoms with Crippen LogP contribution in [0.1, 0.15) is 19.3 Å². The molecule has 1 aromatic carbocycles. The van der Waals surface area contributed by atoms with Crippen molar-refractivity contribution >= 4 is 41.3 Å². The first-order valence-electron chi connectivity index (χ1n) is 7.56. The topological polar surface area (TPSA) is 54.0 Å². The van der Waals surface area contributed by atoms with Crippen LogP contribution in [0.15, 0.2) is 40.6 Å². The Hall–Kier alpha value is -0.850. The maximum absolute atomic E-state index is 6.38. The molecule has 2 N–H and O–H groups in total. The molecule has 0 amide bonds. The number of hydrogen-bond donors (Lipinski definition) is 1. The molecular weight excluding hydrogens is 357 g/mol. The van der Waals surface area contributed by atoms with Crippen LogP contribution in [0.25, 0.3) is 0 Å². The van der Waals surface area contributed by atoms with Gasteiger partial charge in [-0.3, -0.25) is 4.90 Å². The number of nitrogens with zero attached hydrogens (tertiary/aromatic N) is 4. The summed E-state index contributed by atoms with van der Waals surface area (Å²) in [4.78, 5) is 2.46. The van der Waals surface area contributed by atoms with Crippen molar-refractivity contribution in [3.05, 3.63) is 40.3 Å². The molecule has 2 aliphatic rings. The van der Waals surface area contributed by atoms with E-state index < -0.39 is 0 Å². The van der Waals surface area contributed by atoms with Crippen LogP contribution in [0.2, 0.25) is 10.0 Å². The van der Waals surface area contributed by atoms with Gasteiger partial charge in [0, 0.05) is 16.3 Å². The van der Waals surface area contributed by atoms with E-state index in [-0.39, 0.29) is 17.0 Å². The normalized spacial score (nSPS) is 24.3. The third-order valence-corrected chi connectivity index (χ3v) is 4.74. The van der Waals surface area contributed by atoms with E-state index in [1.807, 2.05) is 18.3 Å². The molecule has 2 heterocycles. The molecular formula is C15H21Cl3N5+. The number of nitrogens with two attached hydrogens (primary N) is 1. The average molecular weight is 378 g/mol. The lowest BCUT2D eigenvalue weighted by Crippen LogP contribution is -2.44. The predicted molar refractivity (Wildman–Crippen MR) is 97.8 cm³/mol. The van der Waals surface area contributed by atoms with Crippen molar-refractivity contribution in [1.29, 1.82) is 0 Å². The number of hydrogen-bond acceptors (Lipinski definition) is 4. The van der Waals surface area contributed by atoms with Crippen molar-refractivity contribution in [2.45, 2.75) is 19.3 Å². The lowest BCUT2D eigenvalue weighted by atomic mass is 10.1. The van der Waals surface area contributed by atoms with Crippen molar-refractivity contribution in [2.24, 2.45) is 16.1 Å². The van der Waals surface area contributed by atoms with E-state index in [1.54, 1.807) is 6.07 Å². The zero-order chi connectivity index (χ0) is 15.6. The molecule has 5 nitrogen and oxygen atoms in total. The van der Waals surface area contributed by atoms with Crippen LogP contribution in [0.5, 0.6) is 0 Å². The molecule has 1 aromatic rings. The summed E-state index contributed by atoms with van der Waals surface area (Å²) in [5.74, 6) is 0.421. The van der Waals surface area contributed by atoms with Gasteiger partial charge in [0.2, 0.25) is 5.82 Å². The number of piperidine rings is 1. The first-order valence-corrected chi connectivity index (χ1v) is 8.32. The second-order valence-electron chi connectivity index (χ2n) is 5.79. The van der Waals surface area contributed by atoms with Crippen molar-refractivity contribution in [3.8, 4) is 0 Å². The summed E-state index contributed by atoms with van der Waals surface area (Å²) in [6.07, 6.45) is 5.70. The molecule has 1 unspecified atom stereocenters. The smallest absolute Gasteiger partial charge is 0.208 e. The third kappa shape index (κ3) is 4.17. The molecule has 8 heteroatoms. The minimum absolute atomic E-state index is 0. The fourth-order valence-electron chi connectivity index (χ4n) is 3.02. The monoisotopic (exact) mass is 376 g/mol. The molecule has 0 bridgehead atoms. The second-order valence-corrected chi connectivity index (χ2v) is 6.64. The molecule has 23 heavy (non-hydrogen) atoms. The minimum atomic E-state index is 0. The van der Waals surface area contributed by atoms with Crippen LogP contribution in [-0.2, 0) is 0 Å². The number of rotatable bonds is 4. The summed E-state index contributed by atoms with van der Waals surface area (Å²) in [6.45, 7) is 3.97. The molecule has 0 spiro atoms. The molecule has 1 saturated heterocycles. The number of quaternary nitrogens is 1. The van der Waals surface area contributed by atoms with Gasteiger partial charge in [-0.1, -0.05) is 34.7 Å². The molecule has 1 fully saturated rings. The Morgan fingerprint density at radius 1 is 1.17 bits per heavy atom. The maximum Gasteiger partial charge on any atom is 0.208 e. The number of likely N-dealkylation sites (tertiary alicyclic amines) is 1. The van der Waals surface area contributed by atoms with E-state index in [1.165, 1.54) is 19.3 Å². The van der Waals surface area contributed by atoms with Gasteiger partial charge in [0.15, 0.2) is 11.9 Å². The first kappa shape index (κ1) is 18.5. The summed E-state index contributed by atoms with van der Waals surface area (Å²) in [6, 6.07) is 5.45. The first-order chi connectivity index (χ1) is 10.6.